The van der Waals surface area contributed by atoms with Crippen molar-refractivity contribution in [1.29, 1.82) is 0 Å². The zero-order valence-electron chi connectivity index (χ0n) is 16.1. The summed E-state index contributed by atoms with van der Waals surface area (Å²) < 4.78 is 2.11. The van der Waals surface area contributed by atoms with Gasteiger partial charge in [-0.05, 0) is 50.8 Å². The molecule has 3 N–H and O–H groups in total. The van der Waals surface area contributed by atoms with E-state index in [1.54, 1.807) is 0 Å². The highest BCUT2D eigenvalue weighted by Crippen LogP contribution is 2.28. The fourth-order valence-corrected chi connectivity index (χ4v) is 4.56. The molecule has 0 bridgehead atoms. The number of carbonyl (C=O) groups excluding carboxylic acids is 1. The summed E-state index contributed by atoms with van der Waals surface area (Å²) in [6, 6.07) is 2.38. The third-order valence-corrected chi connectivity index (χ3v) is 6.15. The summed E-state index contributed by atoms with van der Waals surface area (Å²) in [5.74, 6) is -0.117. The Hall–Kier alpha value is -1.92. The first-order chi connectivity index (χ1) is 13.1. The topological polar surface area (TPSA) is 79.2 Å². The Morgan fingerprint density at radius 3 is 2.93 bits per heavy atom. The van der Waals surface area contributed by atoms with Crippen LogP contribution < -0.4 is 10.6 Å². The number of nitrogens with zero attached hydrogens (tertiary/aromatic N) is 2. The average Bonchev–Trinajstić information content (AvgIpc) is 3.30. The molecule has 2 fully saturated rings. The van der Waals surface area contributed by atoms with E-state index in [1.165, 1.54) is 12.8 Å². The summed E-state index contributed by atoms with van der Waals surface area (Å²) in [5, 5.41) is 18.1. The van der Waals surface area contributed by atoms with E-state index in [0.29, 0.717) is 18.2 Å². The van der Waals surface area contributed by atoms with Crippen LogP contribution in [-0.2, 0) is 6.54 Å². The summed E-state index contributed by atoms with van der Waals surface area (Å²) in [7, 11) is 0. The van der Waals surface area contributed by atoms with Crippen LogP contribution in [-0.4, -0.2) is 45.3 Å². The summed E-state index contributed by atoms with van der Waals surface area (Å²) in [4.78, 5) is 17.5. The molecule has 0 aromatic carbocycles. The molecule has 1 amide bonds. The van der Waals surface area contributed by atoms with Gasteiger partial charge in [-0.1, -0.05) is 19.3 Å². The van der Waals surface area contributed by atoms with Gasteiger partial charge in [-0.2, -0.15) is 0 Å². The normalized spacial score (nSPS) is 22.2. The molecule has 2 aliphatic rings. The lowest BCUT2D eigenvalue weighted by Crippen LogP contribution is -2.44. The summed E-state index contributed by atoms with van der Waals surface area (Å²) >= 11 is 0. The first kappa shape index (κ1) is 18.4. The number of pyridine rings is 1. The number of carbonyl (C=O) groups is 1. The summed E-state index contributed by atoms with van der Waals surface area (Å²) in [5.41, 5.74) is 1.82. The van der Waals surface area contributed by atoms with Gasteiger partial charge in [-0.15, -0.1) is 0 Å². The first-order valence-corrected chi connectivity index (χ1v) is 10.2. The van der Waals surface area contributed by atoms with E-state index in [-0.39, 0.29) is 5.91 Å². The van der Waals surface area contributed by atoms with Crippen molar-refractivity contribution in [3.05, 3.63) is 29.6 Å². The van der Waals surface area contributed by atoms with Gasteiger partial charge in [0.25, 0.3) is 5.91 Å². The molecule has 2 aromatic heterocycles. The van der Waals surface area contributed by atoms with Crippen molar-refractivity contribution in [1.82, 2.24) is 20.2 Å². The molecule has 3 heterocycles. The highest BCUT2D eigenvalue weighted by Gasteiger charge is 2.30. The van der Waals surface area contributed by atoms with Crippen LogP contribution in [0.4, 0.5) is 0 Å². The van der Waals surface area contributed by atoms with Crippen LogP contribution in [0.15, 0.2) is 18.5 Å². The molecule has 1 saturated heterocycles. The second-order valence-corrected chi connectivity index (χ2v) is 8.28. The lowest BCUT2D eigenvalue weighted by atomic mass is 9.85. The summed E-state index contributed by atoms with van der Waals surface area (Å²) in [6.07, 6.45) is 10.9. The molecule has 1 atom stereocenters. The Labute approximate surface area is 160 Å². The monoisotopic (exact) mass is 370 g/mol. The van der Waals surface area contributed by atoms with Crippen LogP contribution in [0, 0.1) is 6.92 Å². The van der Waals surface area contributed by atoms with Gasteiger partial charge in [0.15, 0.2) is 0 Å². The van der Waals surface area contributed by atoms with Crippen molar-refractivity contribution in [3.63, 3.8) is 0 Å². The molecule has 0 spiro atoms. The van der Waals surface area contributed by atoms with Crippen molar-refractivity contribution >= 4 is 16.9 Å². The maximum atomic E-state index is 13.0. The van der Waals surface area contributed by atoms with Gasteiger partial charge in [0.05, 0.1) is 11.2 Å². The standard InChI is InChI=1S/C21H30N4O2/c1-15-7-11-23-19-18(15)17(13-25(19)12-16-6-5-10-22-16)20(26)24-14-21(27)8-3-2-4-9-21/h7,11,13,16,22,27H,2-6,8-10,12,14H2,1H3,(H,24,26)/t16-/m0/s1. The predicted octanol–water partition coefficient (Wildman–Crippen LogP) is 2.52. The zero-order valence-corrected chi connectivity index (χ0v) is 16.1. The van der Waals surface area contributed by atoms with Gasteiger partial charge in [0.2, 0.25) is 0 Å². The third-order valence-electron chi connectivity index (χ3n) is 6.15. The second-order valence-electron chi connectivity index (χ2n) is 8.28. The van der Waals surface area contributed by atoms with Crippen LogP contribution in [0.25, 0.3) is 11.0 Å². The van der Waals surface area contributed by atoms with E-state index in [0.717, 1.165) is 61.8 Å². The maximum absolute atomic E-state index is 13.0. The van der Waals surface area contributed by atoms with Crippen molar-refractivity contribution in [2.75, 3.05) is 13.1 Å². The predicted molar refractivity (Wildman–Crippen MR) is 106 cm³/mol. The van der Waals surface area contributed by atoms with E-state index in [2.05, 4.69) is 20.2 Å². The minimum atomic E-state index is -0.757. The molecule has 0 unspecified atom stereocenters. The Balaban J connectivity index is 1.57. The van der Waals surface area contributed by atoms with Gasteiger partial charge < -0.3 is 20.3 Å². The first-order valence-electron chi connectivity index (χ1n) is 10.2. The Bertz CT molecular complexity index is 817. The van der Waals surface area contributed by atoms with Crippen LogP contribution in [0.5, 0.6) is 0 Å². The SMILES string of the molecule is Cc1ccnc2c1c(C(=O)NCC1(O)CCCCC1)cn2C[C@@H]1CCCN1. The molecular formula is C21H30N4O2. The molecule has 0 radical (unpaired) electrons. The van der Waals surface area contributed by atoms with E-state index >= 15 is 0 Å². The molecule has 6 nitrogen and oxygen atoms in total. The number of hydrogen-bond donors (Lipinski definition) is 3. The van der Waals surface area contributed by atoms with E-state index < -0.39 is 5.60 Å². The zero-order chi connectivity index (χ0) is 18.9. The highest BCUT2D eigenvalue weighted by atomic mass is 16.3. The fraction of sp³-hybridized carbons (Fsp3) is 0.619. The van der Waals surface area contributed by atoms with Gasteiger partial charge >= 0.3 is 0 Å². The molecular weight excluding hydrogens is 340 g/mol. The number of rotatable bonds is 5. The highest BCUT2D eigenvalue weighted by molar-refractivity contribution is 6.07. The average molecular weight is 370 g/mol. The Morgan fingerprint density at radius 1 is 1.37 bits per heavy atom. The number of aliphatic hydroxyl groups is 1. The number of amides is 1. The number of hydrogen-bond acceptors (Lipinski definition) is 4. The van der Waals surface area contributed by atoms with E-state index in [1.807, 2.05) is 25.4 Å². The quantitative estimate of drug-likeness (QED) is 0.756. The van der Waals surface area contributed by atoms with Crippen molar-refractivity contribution in [2.24, 2.45) is 0 Å². The van der Waals surface area contributed by atoms with Crippen molar-refractivity contribution in [3.8, 4) is 0 Å². The minimum Gasteiger partial charge on any atom is -0.388 e. The van der Waals surface area contributed by atoms with Gasteiger partial charge in [-0.25, -0.2) is 4.98 Å². The molecule has 4 rings (SSSR count). The minimum absolute atomic E-state index is 0.117. The van der Waals surface area contributed by atoms with Crippen LogP contribution in [0.3, 0.4) is 0 Å². The lowest BCUT2D eigenvalue weighted by Gasteiger charge is -2.32. The molecule has 1 aliphatic heterocycles. The maximum Gasteiger partial charge on any atom is 0.253 e. The number of fused-ring (bicyclic) bond motifs is 1. The number of nitrogens with one attached hydrogen (secondary N) is 2. The summed E-state index contributed by atoms with van der Waals surface area (Å²) in [6.45, 7) is 4.22. The molecule has 1 aliphatic carbocycles. The van der Waals surface area contributed by atoms with Gasteiger partial charge in [0, 0.05) is 36.9 Å². The van der Waals surface area contributed by atoms with Crippen molar-refractivity contribution in [2.45, 2.75) is 70.1 Å². The Kier molecular flexibility index (Phi) is 5.19. The van der Waals surface area contributed by atoms with Crippen LogP contribution >= 0.6 is 0 Å². The molecule has 1 saturated carbocycles. The molecule has 2 aromatic rings. The molecule has 146 valence electrons. The number of aryl methyl sites for hydroxylation is 1. The van der Waals surface area contributed by atoms with Gasteiger partial charge in [0.1, 0.15) is 5.65 Å². The van der Waals surface area contributed by atoms with E-state index in [4.69, 9.17) is 0 Å². The van der Waals surface area contributed by atoms with E-state index in [9.17, 15) is 9.90 Å². The van der Waals surface area contributed by atoms with Gasteiger partial charge in [-0.3, -0.25) is 4.79 Å². The fourth-order valence-electron chi connectivity index (χ4n) is 4.56. The lowest BCUT2D eigenvalue weighted by molar-refractivity contribution is 0.00527. The second kappa shape index (κ2) is 7.60. The van der Waals surface area contributed by atoms with Crippen LogP contribution in [0.1, 0.15) is 60.9 Å². The smallest absolute Gasteiger partial charge is 0.253 e. The number of aromatic nitrogens is 2. The van der Waals surface area contributed by atoms with Crippen LogP contribution in [0.2, 0.25) is 0 Å². The molecule has 6 heteroatoms. The van der Waals surface area contributed by atoms with Crippen molar-refractivity contribution < 1.29 is 9.90 Å². The largest absolute Gasteiger partial charge is 0.388 e. The third kappa shape index (κ3) is 3.87. The Morgan fingerprint density at radius 2 is 2.19 bits per heavy atom. The molecule has 27 heavy (non-hydrogen) atoms.